The van der Waals surface area contributed by atoms with E-state index in [2.05, 4.69) is 15.8 Å². The quantitative estimate of drug-likeness (QED) is 0.821. The van der Waals surface area contributed by atoms with Crippen molar-refractivity contribution >= 4 is 35.1 Å². The normalized spacial score (nSPS) is 11.9. The zero-order valence-electron chi connectivity index (χ0n) is 15.1. The molecule has 1 atom stereocenters. The summed E-state index contributed by atoms with van der Waals surface area (Å²) in [7, 11) is 0. The molecular formula is C18H23N3O3S. The van der Waals surface area contributed by atoms with Crippen LogP contribution in [-0.4, -0.2) is 28.0 Å². The molecule has 6 nitrogen and oxygen atoms in total. The van der Waals surface area contributed by atoms with Gasteiger partial charge in [0.2, 0.25) is 11.8 Å². The molecule has 0 saturated heterocycles. The Bertz CT molecular complexity index is 763. The Balaban J connectivity index is 1.86. The van der Waals surface area contributed by atoms with Crippen molar-refractivity contribution in [3.8, 4) is 0 Å². The second-order valence-corrected chi connectivity index (χ2v) is 7.42. The average molecular weight is 361 g/mol. The topological polar surface area (TPSA) is 84.2 Å². The number of nitrogens with zero attached hydrogens (tertiary/aromatic N) is 1. The van der Waals surface area contributed by atoms with E-state index in [1.54, 1.807) is 19.9 Å². The van der Waals surface area contributed by atoms with Crippen LogP contribution in [-0.2, 0) is 9.59 Å². The predicted octanol–water partition coefficient (Wildman–Crippen LogP) is 3.61. The largest absolute Gasteiger partial charge is 0.360 e. The van der Waals surface area contributed by atoms with Gasteiger partial charge in [0.25, 0.3) is 0 Å². The highest BCUT2D eigenvalue weighted by Gasteiger charge is 2.17. The minimum atomic E-state index is -0.386. The van der Waals surface area contributed by atoms with Crippen molar-refractivity contribution < 1.29 is 14.1 Å². The highest BCUT2D eigenvalue weighted by Crippen LogP contribution is 2.22. The van der Waals surface area contributed by atoms with Gasteiger partial charge in [0.15, 0.2) is 5.82 Å². The van der Waals surface area contributed by atoms with Gasteiger partial charge in [-0.05, 0) is 45.7 Å². The third kappa shape index (κ3) is 5.35. The lowest BCUT2D eigenvalue weighted by molar-refractivity contribution is -0.115. The van der Waals surface area contributed by atoms with Gasteiger partial charge in [-0.2, -0.15) is 0 Å². The summed E-state index contributed by atoms with van der Waals surface area (Å²) in [5.74, 6) is 0.856. The molecule has 25 heavy (non-hydrogen) atoms. The summed E-state index contributed by atoms with van der Waals surface area (Å²) < 4.78 is 4.90. The molecule has 2 rings (SSSR count). The third-order valence-electron chi connectivity index (χ3n) is 3.65. The van der Waals surface area contributed by atoms with E-state index >= 15 is 0 Å². The molecule has 0 fully saturated rings. The number of hydrogen-bond donors (Lipinski definition) is 2. The van der Waals surface area contributed by atoms with E-state index in [0.717, 1.165) is 22.4 Å². The Morgan fingerprint density at radius 3 is 2.32 bits per heavy atom. The zero-order chi connectivity index (χ0) is 18.6. The van der Waals surface area contributed by atoms with Crippen molar-refractivity contribution in [3.63, 3.8) is 0 Å². The van der Waals surface area contributed by atoms with Gasteiger partial charge in [0, 0.05) is 11.8 Å². The van der Waals surface area contributed by atoms with Crippen LogP contribution in [0, 0.1) is 27.7 Å². The van der Waals surface area contributed by atoms with Crippen molar-refractivity contribution in [2.45, 2.75) is 39.9 Å². The van der Waals surface area contributed by atoms with Gasteiger partial charge in [0.05, 0.1) is 11.0 Å². The van der Waals surface area contributed by atoms with E-state index in [1.807, 2.05) is 32.9 Å². The smallest absolute Gasteiger partial charge is 0.238 e. The van der Waals surface area contributed by atoms with Crippen LogP contribution in [0.4, 0.5) is 11.5 Å². The van der Waals surface area contributed by atoms with Gasteiger partial charge < -0.3 is 15.2 Å². The van der Waals surface area contributed by atoms with Crippen LogP contribution in [0.2, 0.25) is 0 Å². The van der Waals surface area contributed by atoms with E-state index in [4.69, 9.17) is 4.52 Å². The van der Waals surface area contributed by atoms with Crippen LogP contribution >= 0.6 is 11.8 Å². The second kappa shape index (κ2) is 8.20. The average Bonchev–Trinajstić information content (AvgIpc) is 2.93. The molecule has 2 amide bonds. The van der Waals surface area contributed by atoms with Crippen molar-refractivity contribution in [2.24, 2.45) is 0 Å². The minimum Gasteiger partial charge on any atom is -0.360 e. The lowest BCUT2D eigenvalue weighted by atomic mass is 10.1. The summed E-state index contributed by atoms with van der Waals surface area (Å²) in [5.41, 5.74) is 4.06. The Morgan fingerprint density at radius 2 is 1.76 bits per heavy atom. The number of rotatable bonds is 6. The number of nitrogens with one attached hydrogen (secondary N) is 2. The number of amides is 2. The minimum absolute atomic E-state index is 0.128. The van der Waals surface area contributed by atoms with E-state index < -0.39 is 0 Å². The molecule has 0 aliphatic rings. The van der Waals surface area contributed by atoms with Crippen LogP contribution in [0.3, 0.4) is 0 Å². The van der Waals surface area contributed by atoms with Gasteiger partial charge >= 0.3 is 0 Å². The van der Waals surface area contributed by atoms with Gasteiger partial charge in [0.1, 0.15) is 5.76 Å². The molecule has 0 spiro atoms. The lowest BCUT2D eigenvalue weighted by Gasteiger charge is -2.14. The number of aromatic nitrogens is 1. The summed E-state index contributed by atoms with van der Waals surface area (Å²) >= 11 is 1.27. The first-order valence-electron chi connectivity index (χ1n) is 7.99. The first-order chi connectivity index (χ1) is 11.8. The van der Waals surface area contributed by atoms with Crippen molar-refractivity contribution in [2.75, 3.05) is 16.4 Å². The Labute approximate surface area is 151 Å². The van der Waals surface area contributed by atoms with Gasteiger partial charge in [-0.3, -0.25) is 9.59 Å². The number of aryl methyl sites for hydroxylation is 4. The third-order valence-corrected chi connectivity index (χ3v) is 4.80. The molecule has 0 bridgehead atoms. The fourth-order valence-electron chi connectivity index (χ4n) is 2.48. The molecular weight excluding hydrogens is 338 g/mol. The molecule has 1 aromatic carbocycles. The van der Waals surface area contributed by atoms with Crippen LogP contribution in [0.1, 0.15) is 29.4 Å². The van der Waals surface area contributed by atoms with Crippen LogP contribution < -0.4 is 10.6 Å². The van der Waals surface area contributed by atoms with Gasteiger partial charge in [-0.25, -0.2) is 0 Å². The molecule has 1 aromatic heterocycles. The maximum atomic E-state index is 12.2. The fraction of sp³-hybridized carbons (Fsp3) is 0.389. The molecule has 0 radical (unpaired) electrons. The number of benzene rings is 1. The molecule has 0 aliphatic heterocycles. The number of thioether (sulfide) groups is 1. The van der Waals surface area contributed by atoms with Crippen LogP contribution in [0.5, 0.6) is 0 Å². The first-order valence-corrected chi connectivity index (χ1v) is 9.04. The molecule has 0 saturated carbocycles. The van der Waals surface area contributed by atoms with Crippen molar-refractivity contribution in [1.29, 1.82) is 0 Å². The summed E-state index contributed by atoms with van der Waals surface area (Å²) in [6, 6.07) is 5.71. The number of carbonyl (C=O) groups excluding carboxylic acids is 2. The maximum Gasteiger partial charge on any atom is 0.238 e. The molecule has 2 N–H and O–H groups in total. The summed E-state index contributed by atoms with van der Waals surface area (Å²) in [6.45, 7) is 9.47. The molecule has 134 valence electrons. The molecule has 1 unspecified atom stereocenters. The number of carbonyl (C=O) groups is 2. The zero-order valence-corrected chi connectivity index (χ0v) is 15.9. The number of hydrogen-bond acceptors (Lipinski definition) is 5. The predicted molar refractivity (Wildman–Crippen MR) is 101 cm³/mol. The van der Waals surface area contributed by atoms with Gasteiger partial charge in [-0.15, -0.1) is 11.8 Å². The van der Waals surface area contributed by atoms with Crippen molar-refractivity contribution in [3.05, 3.63) is 40.6 Å². The highest BCUT2D eigenvalue weighted by molar-refractivity contribution is 8.01. The summed E-state index contributed by atoms with van der Waals surface area (Å²) in [4.78, 5) is 24.3. The SMILES string of the molecule is Cc1cc(C)c(NC(=O)CSC(C)C(=O)Nc2cc(C)on2)c(C)c1. The fourth-order valence-corrected chi connectivity index (χ4v) is 3.17. The first kappa shape index (κ1) is 19.1. The standard InChI is InChI=1S/C18H23N3O3S/c1-10-6-11(2)17(12(3)7-10)20-16(22)9-25-14(5)18(23)19-15-8-13(4)24-21-15/h6-8,14H,9H2,1-5H3,(H,20,22)(H,19,21,23). The van der Waals surface area contributed by atoms with Crippen molar-refractivity contribution in [1.82, 2.24) is 5.16 Å². The Hall–Kier alpha value is -2.28. The van der Waals surface area contributed by atoms with E-state index in [-0.39, 0.29) is 22.8 Å². The highest BCUT2D eigenvalue weighted by atomic mass is 32.2. The molecule has 7 heteroatoms. The van der Waals surface area contributed by atoms with E-state index in [0.29, 0.717) is 11.6 Å². The molecule has 0 aliphatic carbocycles. The van der Waals surface area contributed by atoms with E-state index in [9.17, 15) is 9.59 Å². The molecule has 2 aromatic rings. The van der Waals surface area contributed by atoms with Crippen LogP contribution in [0.15, 0.2) is 22.7 Å². The monoisotopic (exact) mass is 361 g/mol. The number of anilines is 2. The molecule has 1 heterocycles. The Kier molecular flexibility index (Phi) is 6.25. The van der Waals surface area contributed by atoms with E-state index in [1.165, 1.54) is 11.8 Å². The lowest BCUT2D eigenvalue weighted by Crippen LogP contribution is -2.25. The maximum absolute atomic E-state index is 12.2. The summed E-state index contributed by atoms with van der Waals surface area (Å²) in [6.07, 6.45) is 0. The van der Waals surface area contributed by atoms with Crippen LogP contribution in [0.25, 0.3) is 0 Å². The summed E-state index contributed by atoms with van der Waals surface area (Å²) in [5, 5.41) is 8.93. The second-order valence-electron chi connectivity index (χ2n) is 6.09. The van der Waals surface area contributed by atoms with Gasteiger partial charge in [-0.1, -0.05) is 22.9 Å². The Morgan fingerprint density at radius 1 is 1.12 bits per heavy atom.